The number of amides is 2. The lowest BCUT2D eigenvalue weighted by atomic mass is 9.73. The highest BCUT2D eigenvalue weighted by Gasteiger charge is 2.41. The van der Waals surface area contributed by atoms with Crippen LogP contribution >= 0.6 is 15.9 Å². The van der Waals surface area contributed by atoms with Crippen molar-refractivity contribution in [1.82, 2.24) is 4.90 Å². The first-order valence-corrected chi connectivity index (χ1v) is 10.3. The second-order valence-electron chi connectivity index (χ2n) is 7.17. The fraction of sp³-hybridized carbons (Fsp3) is 0.364. The number of anilines is 1. The molecule has 1 unspecified atom stereocenters. The van der Waals surface area contributed by atoms with E-state index in [9.17, 15) is 9.59 Å². The number of hydrogen-bond donors (Lipinski definition) is 1. The predicted octanol–water partition coefficient (Wildman–Crippen LogP) is 5.35. The Kier molecular flexibility index (Phi) is 6.39. The summed E-state index contributed by atoms with van der Waals surface area (Å²) in [5.74, 6) is 0.573. The standard InChI is InChI=1S/C22H25BrN2O3/c1-3-22(13-4-5-14-25(2)20(22)26)16-7-6-8-19(15-16)28-21(27)24-18-11-9-17(23)10-12-18/h6-12,15H,3-5,13-14H2,1-2H3,(H,24,27). The lowest BCUT2D eigenvalue weighted by Gasteiger charge is -2.33. The summed E-state index contributed by atoms with van der Waals surface area (Å²) in [6.07, 6.45) is 2.97. The number of nitrogens with one attached hydrogen (secondary N) is 1. The number of rotatable bonds is 4. The molecule has 1 fully saturated rings. The van der Waals surface area contributed by atoms with E-state index in [0.29, 0.717) is 17.9 Å². The lowest BCUT2D eigenvalue weighted by molar-refractivity contribution is -0.135. The third-order valence-electron chi connectivity index (χ3n) is 5.39. The number of hydrogen-bond acceptors (Lipinski definition) is 3. The van der Waals surface area contributed by atoms with E-state index >= 15 is 0 Å². The maximum absolute atomic E-state index is 13.1. The van der Waals surface area contributed by atoms with Crippen LogP contribution in [0.15, 0.2) is 53.0 Å². The van der Waals surface area contributed by atoms with Gasteiger partial charge in [0.1, 0.15) is 5.75 Å². The molecule has 148 valence electrons. The minimum absolute atomic E-state index is 0.143. The summed E-state index contributed by atoms with van der Waals surface area (Å²) in [7, 11) is 1.87. The lowest BCUT2D eigenvalue weighted by Crippen LogP contribution is -2.43. The van der Waals surface area contributed by atoms with Crippen molar-refractivity contribution in [2.24, 2.45) is 0 Å². The summed E-state index contributed by atoms with van der Waals surface area (Å²) in [6, 6.07) is 14.6. The summed E-state index contributed by atoms with van der Waals surface area (Å²) in [5, 5.41) is 2.71. The van der Waals surface area contributed by atoms with Gasteiger partial charge in [0.15, 0.2) is 0 Å². The van der Waals surface area contributed by atoms with Gasteiger partial charge in [0.2, 0.25) is 5.91 Å². The Labute approximate surface area is 174 Å². The summed E-state index contributed by atoms with van der Waals surface area (Å²) in [4.78, 5) is 27.2. The zero-order valence-corrected chi connectivity index (χ0v) is 17.8. The van der Waals surface area contributed by atoms with Crippen molar-refractivity contribution >= 4 is 33.6 Å². The topological polar surface area (TPSA) is 58.6 Å². The molecular formula is C22H25BrN2O3. The van der Waals surface area contributed by atoms with E-state index < -0.39 is 11.5 Å². The molecule has 0 saturated carbocycles. The van der Waals surface area contributed by atoms with Gasteiger partial charge in [-0.25, -0.2) is 4.79 Å². The Bertz CT molecular complexity index is 853. The minimum Gasteiger partial charge on any atom is -0.410 e. The van der Waals surface area contributed by atoms with Crippen molar-refractivity contribution in [3.05, 3.63) is 58.6 Å². The zero-order valence-electron chi connectivity index (χ0n) is 16.2. The van der Waals surface area contributed by atoms with Crippen LogP contribution in [0.2, 0.25) is 0 Å². The molecule has 0 spiro atoms. The second kappa shape index (κ2) is 8.78. The van der Waals surface area contributed by atoms with Crippen LogP contribution in [0.4, 0.5) is 10.5 Å². The van der Waals surface area contributed by atoms with Gasteiger partial charge in [0.05, 0.1) is 5.41 Å². The molecule has 1 saturated heterocycles. The molecular weight excluding hydrogens is 420 g/mol. The number of ether oxygens (including phenoxy) is 1. The van der Waals surface area contributed by atoms with Gasteiger partial charge in [-0.05, 0) is 61.2 Å². The van der Waals surface area contributed by atoms with E-state index in [4.69, 9.17) is 4.74 Å². The van der Waals surface area contributed by atoms with Gasteiger partial charge in [-0.1, -0.05) is 41.4 Å². The molecule has 1 heterocycles. The van der Waals surface area contributed by atoms with Crippen LogP contribution in [0.1, 0.15) is 38.2 Å². The van der Waals surface area contributed by atoms with Crippen molar-refractivity contribution in [1.29, 1.82) is 0 Å². The molecule has 2 aromatic carbocycles. The van der Waals surface area contributed by atoms with E-state index in [0.717, 1.165) is 35.8 Å². The van der Waals surface area contributed by atoms with Gasteiger partial charge >= 0.3 is 6.09 Å². The number of benzene rings is 2. The Hall–Kier alpha value is -2.34. The molecule has 28 heavy (non-hydrogen) atoms. The third-order valence-corrected chi connectivity index (χ3v) is 5.92. The summed E-state index contributed by atoms with van der Waals surface area (Å²) >= 11 is 3.36. The molecule has 0 aromatic heterocycles. The first kappa shape index (κ1) is 20.4. The number of likely N-dealkylation sites (N-methyl/N-ethyl adjacent to an activating group) is 1. The Morgan fingerprint density at radius 3 is 2.68 bits per heavy atom. The number of carbonyl (C=O) groups is 2. The van der Waals surface area contributed by atoms with Crippen LogP contribution in [0.5, 0.6) is 5.75 Å². The number of halogens is 1. The first-order chi connectivity index (χ1) is 13.4. The van der Waals surface area contributed by atoms with E-state index in [1.807, 2.05) is 49.2 Å². The zero-order chi connectivity index (χ0) is 20.1. The van der Waals surface area contributed by atoms with Crippen molar-refractivity contribution in [3.63, 3.8) is 0 Å². The Balaban J connectivity index is 1.79. The van der Waals surface area contributed by atoms with Crippen LogP contribution in [0.3, 0.4) is 0 Å². The molecule has 0 aliphatic carbocycles. The highest BCUT2D eigenvalue weighted by Crippen LogP contribution is 2.38. The minimum atomic E-state index is -0.563. The average Bonchev–Trinajstić information content (AvgIpc) is 2.83. The van der Waals surface area contributed by atoms with Crippen molar-refractivity contribution in [3.8, 4) is 5.75 Å². The monoisotopic (exact) mass is 444 g/mol. The molecule has 2 amide bonds. The normalized spacial score (nSPS) is 19.8. The molecule has 0 radical (unpaired) electrons. The van der Waals surface area contributed by atoms with E-state index in [2.05, 4.69) is 21.2 Å². The maximum atomic E-state index is 13.1. The quantitative estimate of drug-likeness (QED) is 0.690. The molecule has 3 rings (SSSR count). The van der Waals surface area contributed by atoms with Gasteiger partial charge in [-0.15, -0.1) is 0 Å². The number of nitrogens with zero attached hydrogens (tertiary/aromatic N) is 1. The maximum Gasteiger partial charge on any atom is 0.417 e. The molecule has 6 heteroatoms. The van der Waals surface area contributed by atoms with Gasteiger partial charge in [-0.3, -0.25) is 10.1 Å². The fourth-order valence-corrected chi connectivity index (χ4v) is 4.05. The van der Waals surface area contributed by atoms with E-state index in [-0.39, 0.29) is 5.91 Å². The smallest absolute Gasteiger partial charge is 0.410 e. The first-order valence-electron chi connectivity index (χ1n) is 9.55. The SMILES string of the molecule is CCC1(c2cccc(OC(=O)Nc3ccc(Br)cc3)c2)CCCCN(C)C1=O. The van der Waals surface area contributed by atoms with Crippen LogP contribution in [-0.4, -0.2) is 30.5 Å². The van der Waals surface area contributed by atoms with Crippen LogP contribution in [-0.2, 0) is 10.2 Å². The molecule has 1 atom stereocenters. The number of likely N-dealkylation sites (tertiary alicyclic amines) is 1. The molecule has 1 aliphatic heterocycles. The third kappa shape index (κ3) is 4.38. The Morgan fingerprint density at radius 2 is 1.96 bits per heavy atom. The molecule has 2 aromatic rings. The fourth-order valence-electron chi connectivity index (χ4n) is 3.79. The van der Waals surface area contributed by atoms with E-state index in [1.54, 1.807) is 18.2 Å². The van der Waals surface area contributed by atoms with Gasteiger partial charge in [0.25, 0.3) is 0 Å². The molecule has 0 bridgehead atoms. The van der Waals surface area contributed by atoms with Gasteiger partial charge in [-0.2, -0.15) is 0 Å². The van der Waals surface area contributed by atoms with Crippen LogP contribution < -0.4 is 10.1 Å². The van der Waals surface area contributed by atoms with Crippen LogP contribution in [0.25, 0.3) is 0 Å². The van der Waals surface area contributed by atoms with Crippen molar-refractivity contribution in [2.75, 3.05) is 18.9 Å². The Morgan fingerprint density at radius 1 is 1.21 bits per heavy atom. The summed E-state index contributed by atoms with van der Waals surface area (Å²) in [6.45, 7) is 2.83. The summed E-state index contributed by atoms with van der Waals surface area (Å²) < 4.78 is 6.41. The van der Waals surface area contributed by atoms with Crippen LogP contribution in [0, 0.1) is 0 Å². The molecule has 1 aliphatic rings. The van der Waals surface area contributed by atoms with Crippen molar-refractivity contribution < 1.29 is 14.3 Å². The molecule has 5 nitrogen and oxygen atoms in total. The second-order valence-corrected chi connectivity index (χ2v) is 8.08. The van der Waals surface area contributed by atoms with Gasteiger partial charge in [0, 0.05) is 23.8 Å². The van der Waals surface area contributed by atoms with Crippen molar-refractivity contribution in [2.45, 2.75) is 38.0 Å². The average molecular weight is 445 g/mol. The predicted molar refractivity (Wildman–Crippen MR) is 114 cm³/mol. The van der Waals surface area contributed by atoms with Gasteiger partial charge < -0.3 is 9.64 Å². The van der Waals surface area contributed by atoms with E-state index in [1.165, 1.54) is 0 Å². The summed E-state index contributed by atoms with van der Waals surface area (Å²) in [5.41, 5.74) is 0.991. The highest BCUT2D eigenvalue weighted by molar-refractivity contribution is 9.10. The highest BCUT2D eigenvalue weighted by atomic mass is 79.9. The largest absolute Gasteiger partial charge is 0.417 e. The number of carbonyl (C=O) groups excluding carboxylic acids is 2. The molecule has 1 N–H and O–H groups in total.